The zero-order chi connectivity index (χ0) is 15.6. The number of hydrogen-bond acceptors (Lipinski definition) is 2. The molecule has 0 bridgehead atoms. The zero-order valence-electron chi connectivity index (χ0n) is 11.3. The van der Waals surface area contributed by atoms with Crippen LogP contribution in [0, 0.1) is 11.8 Å². The van der Waals surface area contributed by atoms with E-state index in [2.05, 4.69) is 5.43 Å². The van der Waals surface area contributed by atoms with Crippen LogP contribution >= 0.6 is 23.2 Å². The van der Waals surface area contributed by atoms with Crippen molar-refractivity contribution in [3.8, 4) is 0 Å². The van der Waals surface area contributed by atoms with E-state index in [-0.39, 0.29) is 6.42 Å². The third-order valence-corrected chi connectivity index (χ3v) is 4.72. The third kappa shape index (κ3) is 3.83. The first-order valence-electron chi connectivity index (χ1n) is 6.82. The second kappa shape index (κ2) is 6.73. The lowest BCUT2D eigenvalue weighted by molar-refractivity contribution is -0.199. The molecule has 3 atom stereocenters. The molecule has 1 aliphatic carbocycles. The van der Waals surface area contributed by atoms with Gasteiger partial charge in [-0.25, -0.2) is 0 Å². The molecule has 3 N–H and O–H groups in total. The molecule has 118 valence electrons. The molecule has 1 aromatic rings. The van der Waals surface area contributed by atoms with Crippen molar-refractivity contribution in [1.82, 2.24) is 5.43 Å². The van der Waals surface area contributed by atoms with Gasteiger partial charge in [0.05, 0.1) is 12.0 Å². The minimum atomic E-state index is -4.23. The summed E-state index contributed by atoms with van der Waals surface area (Å²) in [6.07, 6.45) is -2.30. The van der Waals surface area contributed by atoms with Gasteiger partial charge in [-0.1, -0.05) is 36.0 Å². The maximum atomic E-state index is 13.3. The van der Waals surface area contributed by atoms with Crippen LogP contribution in [0.15, 0.2) is 18.2 Å². The molecular formula is C14H17Cl2F3N2. The molecule has 0 aliphatic heterocycles. The first kappa shape index (κ1) is 16.9. The van der Waals surface area contributed by atoms with Crippen LogP contribution in [0.3, 0.4) is 0 Å². The predicted octanol–water partition coefficient (Wildman–Crippen LogP) is 4.87. The Morgan fingerprint density at radius 2 is 1.86 bits per heavy atom. The molecule has 0 spiro atoms. The molecule has 7 heteroatoms. The van der Waals surface area contributed by atoms with Gasteiger partial charge in [0.2, 0.25) is 0 Å². The van der Waals surface area contributed by atoms with E-state index in [1.165, 1.54) is 0 Å². The Morgan fingerprint density at radius 1 is 1.19 bits per heavy atom. The number of hydrazine groups is 1. The number of halogens is 5. The van der Waals surface area contributed by atoms with Gasteiger partial charge in [-0.15, -0.1) is 0 Å². The summed E-state index contributed by atoms with van der Waals surface area (Å²) in [5, 5.41) is 0.794. The summed E-state index contributed by atoms with van der Waals surface area (Å²) in [5.74, 6) is 3.53. The Kier molecular flexibility index (Phi) is 5.41. The van der Waals surface area contributed by atoms with Crippen molar-refractivity contribution in [2.24, 2.45) is 17.7 Å². The van der Waals surface area contributed by atoms with Crippen molar-refractivity contribution in [3.05, 3.63) is 33.8 Å². The summed E-state index contributed by atoms with van der Waals surface area (Å²) in [6, 6.07) is 4.09. The first-order chi connectivity index (χ1) is 9.84. The molecule has 2 nitrogen and oxygen atoms in total. The Labute approximate surface area is 131 Å². The fraction of sp³-hybridized carbons (Fsp3) is 0.571. The van der Waals surface area contributed by atoms with E-state index in [1.807, 2.05) is 0 Å². The summed E-state index contributed by atoms with van der Waals surface area (Å²) in [5.41, 5.74) is 3.04. The van der Waals surface area contributed by atoms with Crippen LogP contribution < -0.4 is 11.3 Å². The average molecular weight is 341 g/mol. The van der Waals surface area contributed by atoms with Crippen LogP contribution in [-0.4, -0.2) is 6.18 Å². The quantitative estimate of drug-likeness (QED) is 0.608. The van der Waals surface area contributed by atoms with E-state index in [0.29, 0.717) is 28.5 Å². The van der Waals surface area contributed by atoms with Crippen molar-refractivity contribution in [2.45, 2.75) is 37.9 Å². The van der Waals surface area contributed by atoms with Gasteiger partial charge >= 0.3 is 6.18 Å². The largest absolute Gasteiger partial charge is 0.392 e. The maximum Gasteiger partial charge on any atom is 0.392 e. The van der Waals surface area contributed by atoms with E-state index in [0.717, 1.165) is 6.42 Å². The summed E-state index contributed by atoms with van der Waals surface area (Å²) >= 11 is 12.0. The lowest BCUT2D eigenvalue weighted by Crippen LogP contribution is -2.43. The average Bonchev–Trinajstić information content (AvgIpc) is 2.43. The summed E-state index contributed by atoms with van der Waals surface area (Å²) in [4.78, 5) is 0. The van der Waals surface area contributed by atoms with Crippen LogP contribution in [0.5, 0.6) is 0 Å². The molecule has 21 heavy (non-hydrogen) atoms. The number of alkyl halides is 3. The molecule has 2 rings (SSSR count). The third-order valence-electron chi connectivity index (χ3n) is 4.14. The number of hydrogen-bond donors (Lipinski definition) is 2. The molecule has 3 unspecified atom stereocenters. The maximum absolute atomic E-state index is 13.3. The molecule has 1 saturated carbocycles. The van der Waals surface area contributed by atoms with Crippen LogP contribution in [0.2, 0.25) is 10.0 Å². The van der Waals surface area contributed by atoms with Gasteiger partial charge in [0.1, 0.15) is 0 Å². The van der Waals surface area contributed by atoms with Gasteiger partial charge in [-0.2, -0.15) is 13.2 Å². The predicted molar refractivity (Wildman–Crippen MR) is 78.0 cm³/mol. The summed E-state index contributed by atoms with van der Waals surface area (Å²) in [7, 11) is 0. The highest BCUT2D eigenvalue weighted by Crippen LogP contribution is 2.47. The van der Waals surface area contributed by atoms with Crippen molar-refractivity contribution >= 4 is 23.2 Å². The van der Waals surface area contributed by atoms with Gasteiger partial charge in [0.25, 0.3) is 0 Å². The minimum absolute atomic E-state index is 0.129. The van der Waals surface area contributed by atoms with Crippen LogP contribution in [0.25, 0.3) is 0 Å². The minimum Gasteiger partial charge on any atom is -0.271 e. The topological polar surface area (TPSA) is 38.0 Å². The molecule has 0 saturated heterocycles. The highest BCUT2D eigenvalue weighted by atomic mass is 35.5. The molecule has 0 radical (unpaired) electrons. The SMILES string of the molecule is NNC(c1cc(Cl)ccc1Cl)C1CCCCC1C(F)(F)F. The fourth-order valence-electron chi connectivity index (χ4n) is 3.16. The van der Waals surface area contributed by atoms with Crippen molar-refractivity contribution in [3.63, 3.8) is 0 Å². The van der Waals surface area contributed by atoms with Gasteiger partial charge < -0.3 is 0 Å². The Balaban J connectivity index is 2.36. The molecule has 0 aromatic heterocycles. The van der Waals surface area contributed by atoms with Gasteiger partial charge in [0.15, 0.2) is 0 Å². The fourth-order valence-corrected chi connectivity index (χ4v) is 3.58. The van der Waals surface area contributed by atoms with Crippen molar-refractivity contribution in [2.75, 3.05) is 0 Å². The summed E-state index contributed by atoms with van der Waals surface area (Å²) < 4.78 is 39.8. The number of benzene rings is 1. The molecule has 1 fully saturated rings. The molecule has 0 amide bonds. The highest BCUT2D eigenvalue weighted by Gasteiger charge is 2.48. The van der Waals surface area contributed by atoms with Crippen molar-refractivity contribution in [1.29, 1.82) is 0 Å². The molecule has 1 aliphatic rings. The highest BCUT2D eigenvalue weighted by molar-refractivity contribution is 6.33. The Hall–Kier alpha value is -0.490. The molecule has 0 heterocycles. The van der Waals surface area contributed by atoms with E-state index in [1.54, 1.807) is 18.2 Å². The smallest absolute Gasteiger partial charge is 0.271 e. The Morgan fingerprint density at radius 3 is 2.48 bits per heavy atom. The lowest BCUT2D eigenvalue weighted by atomic mass is 9.73. The van der Waals surface area contributed by atoms with Crippen LogP contribution in [0.4, 0.5) is 13.2 Å². The van der Waals surface area contributed by atoms with Gasteiger partial charge in [0, 0.05) is 10.0 Å². The normalized spacial score (nSPS) is 24.9. The van der Waals surface area contributed by atoms with Crippen LogP contribution in [0.1, 0.15) is 37.3 Å². The van der Waals surface area contributed by atoms with Crippen LogP contribution in [-0.2, 0) is 0 Å². The second-order valence-electron chi connectivity index (χ2n) is 5.41. The molecule has 1 aromatic carbocycles. The van der Waals surface area contributed by atoms with E-state index >= 15 is 0 Å². The first-order valence-corrected chi connectivity index (χ1v) is 7.58. The standard InChI is InChI=1S/C14H17Cl2F3N2/c15-8-5-6-12(16)10(7-8)13(21-20)9-3-1-2-4-11(9)14(17,18)19/h5-7,9,11,13,21H,1-4,20H2. The number of rotatable bonds is 3. The zero-order valence-corrected chi connectivity index (χ0v) is 12.8. The van der Waals surface area contributed by atoms with E-state index < -0.39 is 24.1 Å². The van der Waals surface area contributed by atoms with E-state index in [4.69, 9.17) is 29.0 Å². The monoisotopic (exact) mass is 340 g/mol. The summed E-state index contributed by atoms with van der Waals surface area (Å²) in [6.45, 7) is 0. The second-order valence-corrected chi connectivity index (χ2v) is 6.25. The Bertz CT molecular complexity index is 494. The van der Waals surface area contributed by atoms with E-state index in [9.17, 15) is 13.2 Å². The van der Waals surface area contributed by atoms with Crippen molar-refractivity contribution < 1.29 is 13.2 Å². The van der Waals surface area contributed by atoms with Gasteiger partial charge in [-0.3, -0.25) is 11.3 Å². The van der Waals surface area contributed by atoms with Gasteiger partial charge in [-0.05, 0) is 42.5 Å². The lowest BCUT2D eigenvalue weighted by Gasteiger charge is -2.38. The molecular weight excluding hydrogens is 324 g/mol. The number of nitrogens with one attached hydrogen (secondary N) is 1. The number of nitrogens with two attached hydrogens (primary N) is 1.